The van der Waals surface area contributed by atoms with Crippen molar-refractivity contribution in [1.82, 2.24) is 10.3 Å². The van der Waals surface area contributed by atoms with E-state index in [1.165, 1.54) is 18.4 Å². The Bertz CT molecular complexity index is 403. The summed E-state index contributed by atoms with van der Waals surface area (Å²) >= 11 is 0. The first-order valence-electron chi connectivity index (χ1n) is 8.20. The van der Waals surface area contributed by atoms with Crippen molar-refractivity contribution in [3.05, 3.63) is 23.9 Å². The third-order valence-corrected chi connectivity index (χ3v) is 4.07. The van der Waals surface area contributed by atoms with Crippen molar-refractivity contribution in [1.29, 1.82) is 0 Å². The monoisotopic (exact) mass is 291 g/mol. The van der Waals surface area contributed by atoms with Gasteiger partial charge < -0.3 is 15.3 Å². The average Bonchev–Trinajstić information content (AvgIpc) is 2.48. The van der Waals surface area contributed by atoms with Crippen LogP contribution in [0.1, 0.15) is 38.7 Å². The number of pyridine rings is 1. The molecule has 1 aliphatic rings. The number of nitrogens with one attached hydrogen (secondary N) is 1. The summed E-state index contributed by atoms with van der Waals surface area (Å²) in [6, 6.07) is 4.30. The zero-order valence-electron chi connectivity index (χ0n) is 13.4. The maximum absolute atomic E-state index is 9.09. The van der Waals surface area contributed by atoms with E-state index in [9.17, 15) is 0 Å². The molecular weight excluding hydrogens is 262 g/mol. The smallest absolute Gasteiger partial charge is 0.128 e. The number of aromatic nitrogens is 1. The van der Waals surface area contributed by atoms with E-state index in [2.05, 4.69) is 41.2 Å². The van der Waals surface area contributed by atoms with Gasteiger partial charge in [-0.3, -0.25) is 0 Å². The minimum absolute atomic E-state index is 0.298. The van der Waals surface area contributed by atoms with Crippen LogP contribution in [0.4, 0.5) is 5.82 Å². The topological polar surface area (TPSA) is 48.4 Å². The van der Waals surface area contributed by atoms with Crippen molar-refractivity contribution >= 4 is 5.82 Å². The standard InChI is InChI=1S/C17H29N3O/c1-14(2)10-18-11-16-5-6-17(19-12-16)20-8-3-4-15(13-20)7-9-21/h5-6,12,14-15,18,21H,3-4,7-11,13H2,1-2H3. The van der Waals surface area contributed by atoms with Gasteiger partial charge in [0.05, 0.1) is 0 Å². The average molecular weight is 291 g/mol. The van der Waals surface area contributed by atoms with Gasteiger partial charge in [0, 0.05) is 32.4 Å². The number of anilines is 1. The fourth-order valence-corrected chi connectivity index (χ4v) is 2.90. The van der Waals surface area contributed by atoms with Crippen LogP contribution < -0.4 is 10.2 Å². The number of piperidine rings is 1. The Labute approximate surface area is 128 Å². The Morgan fingerprint density at radius 2 is 2.29 bits per heavy atom. The van der Waals surface area contributed by atoms with E-state index in [1.54, 1.807) is 0 Å². The molecule has 1 aliphatic heterocycles. The molecule has 2 rings (SSSR count). The van der Waals surface area contributed by atoms with Crippen molar-refractivity contribution < 1.29 is 5.11 Å². The molecule has 2 N–H and O–H groups in total. The molecule has 118 valence electrons. The first-order valence-corrected chi connectivity index (χ1v) is 8.20. The van der Waals surface area contributed by atoms with Crippen molar-refractivity contribution in [2.45, 2.75) is 39.7 Å². The predicted molar refractivity (Wildman–Crippen MR) is 87.4 cm³/mol. The maximum Gasteiger partial charge on any atom is 0.128 e. The summed E-state index contributed by atoms with van der Waals surface area (Å²) < 4.78 is 0. The highest BCUT2D eigenvalue weighted by Gasteiger charge is 2.20. The van der Waals surface area contributed by atoms with E-state index >= 15 is 0 Å². The maximum atomic E-state index is 9.09. The molecule has 4 heteroatoms. The fraction of sp³-hybridized carbons (Fsp3) is 0.706. The lowest BCUT2D eigenvalue weighted by Crippen LogP contribution is -2.36. The van der Waals surface area contributed by atoms with E-state index in [1.807, 2.05) is 6.20 Å². The third-order valence-electron chi connectivity index (χ3n) is 4.07. The number of aliphatic hydroxyl groups is 1. The van der Waals surface area contributed by atoms with Gasteiger partial charge in [0.2, 0.25) is 0 Å². The number of rotatable bonds is 7. The molecule has 0 radical (unpaired) electrons. The van der Waals surface area contributed by atoms with Crippen LogP contribution in [0.5, 0.6) is 0 Å². The van der Waals surface area contributed by atoms with Crippen molar-refractivity contribution in [3.63, 3.8) is 0 Å². The first-order chi connectivity index (χ1) is 10.2. The Kier molecular flexibility index (Phi) is 6.46. The Morgan fingerprint density at radius 3 is 2.95 bits per heavy atom. The second-order valence-electron chi connectivity index (χ2n) is 6.52. The largest absolute Gasteiger partial charge is 0.396 e. The van der Waals surface area contributed by atoms with Gasteiger partial charge in [-0.1, -0.05) is 19.9 Å². The van der Waals surface area contributed by atoms with Crippen molar-refractivity contribution in [2.75, 3.05) is 31.1 Å². The van der Waals surface area contributed by atoms with Crippen molar-refractivity contribution in [3.8, 4) is 0 Å². The van der Waals surface area contributed by atoms with E-state index in [4.69, 9.17) is 5.11 Å². The van der Waals surface area contributed by atoms with Crippen LogP contribution in [0.3, 0.4) is 0 Å². The molecule has 1 saturated heterocycles. The highest BCUT2D eigenvalue weighted by molar-refractivity contribution is 5.39. The summed E-state index contributed by atoms with van der Waals surface area (Å²) in [6.45, 7) is 8.76. The molecule has 1 atom stereocenters. The number of aliphatic hydroxyl groups excluding tert-OH is 1. The molecule has 2 heterocycles. The quantitative estimate of drug-likeness (QED) is 0.810. The second kappa shape index (κ2) is 8.35. The molecule has 1 aromatic rings. The number of hydrogen-bond acceptors (Lipinski definition) is 4. The summed E-state index contributed by atoms with van der Waals surface area (Å²) in [6.07, 6.45) is 5.32. The van der Waals surface area contributed by atoms with E-state index < -0.39 is 0 Å². The molecule has 4 nitrogen and oxygen atoms in total. The van der Waals surface area contributed by atoms with Gasteiger partial charge in [-0.15, -0.1) is 0 Å². The second-order valence-corrected chi connectivity index (χ2v) is 6.52. The Balaban J connectivity index is 1.86. The Morgan fingerprint density at radius 1 is 1.43 bits per heavy atom. The summed E-state index contributed by atoms with van der Waals surface area (Å²) in [5, 5.41) is 12.5. The van der Waals surface area contributed by atoms with E-state index in [0.717, 1.165) is 38.4 Å². The predicted octanol–water partition coefficient (Wildman–Crippen LogP) is 2.43. The molecular formula is C17H29N3O. The van der Waals surface area contributed by atoms with E-state index in [0.29, 0.717) is 18.4 Å². The zero-order valence-corrected chi connectivity index (χ0v) is 13.4. The van der Waals surface area contributed by atoms with Crippen LogP contribution in [0.25, 0.3) is 0 Å². The summed E-state index contributed by atoms with van der Waals surface area (Å²) in [4.78, 5) is 6.97. The van der Waals surface area contributed by atoms with Gasteiger partial charge in [0.1, 0.15) is 5.82 Å². The normalized spacial score (nSPS) is 19.2. The van der Waals surface area contributed by atoms with Crippen LogP contribution in [0, 0.1) is 11.8 Å². The molecule has 1 fully saturated rings. The van der Waals surface area contributed by atoms with E-state index in [-0.39, 0.29) is 0 Å². The summed E-state index contributed by atoms with van der Waals surface area (Å²) in [5.41, 5.74) is 1.24. The zero-order chi connectivity index (χ0) is 15.1. The SMILES string of the molecule is CC(C)CNCc1ccc(N2CCCC(CCO)C2)nc1. The first kappa shape index (κ1) is 16.2. The summed E-state index contributed by atoms with van der Waals surface area (Å²) in [5.74, 6) is 2.36. The summed E-state index contributed by atoms with van der Waals surface area (Å²) in [7, 11) is 0. The minimum Gasteiger partial charge on any atom is -0.396 e. The lowest BCUT2D eigenvalue weighted by atomic mass is 9.95. The molecule has 0 aromatic carbocycles. The van der Waals surface area contributed by atoms with Gasteiger partial charge in [0.15, 0.2) is 0 Å². The molecule has 1 unspecified atom stereocenters. The molecule has 0 aliphatic carbocycles. The minimum atomic E-state index is 0.298. The molecule has 1 aromatic heterocycles. The molecule has 0 saturated carbocycles. The molecule has 0 spiro atoms. The van der Waals surface area contributed by atoms with Gasteiger partial charge in [0.25, 0.3) is 0 Å². The third kappa shape index (κ3) is 5.29. The lowest BCUT2D eigenvalue weighted by Gasteiger charge is -2.33. The molecule has 0 amide bonds. The highest BCUT2D eigenvalue weighted by Crippen LogP contribution is 2.23. The van der Waals surface area contributed by atoms with Crippen LogP contribution in [-0.4, -0.2) is 36.3 Å². The van der Waals surface area contributed by atoms with Crippen LogP contribution in [0.15, 0.2) is 18.3 Å². The molecule has 21 heavy (non-hydrogen) atoms. The fourth-order valence-electron chi connectivity index (χ4n) is 2.90. The van der Waals surface area contributed by atoms with Gasteiger partial charge in [-0.05, 0) is 49.3 Å². The van der Waals surface area contributed by atoms with Crippen molar-refractivity contribution in [2.24, 2.45) is 11.8 Å². The highest BCUT2D eigenvalue weighted by atomic mass is 16.3. The van der Waals surface area contributed by atoms with Crippen LogP contribution in [0.2, 0.25) is 0 Å². The Hall–Kier alpha value is -1.13. The molecule has 0 bridgehead atoms. The lowest BCUT2D eigenvalue weighted by molar-refractivity contribution is 0.244. The van der Waals surface area contributed by atoms with Gasteiger partial charge >= 0.3 is 0 Å². The van der Waals surface area contributed by atoms with Crippen LogP contribution >= 0.6 is 0 Å². The number of nitrogens with zero attached hydrogens (tertiary/aromatic N) is 2. The van der Waals surface area contributed by atoms with Crippen LogP contribution in [-0.2, 0) is 6.54 Å². The van der Waals surface area contributed by atoms with Gasteiger partial charge in [-0.2, -0.15) is 0 Å². The number of hydrogen-bond donors (Lipinski definition) is 2. The van der Waals surface area contributed by atoms with Gasteiger partial charge in [-0.25, -0.2) is 4.98 Å².